The van der Waals surface area contributed by atoms with Crippen LogP contribution >= 0.6 is 0 Å². The summed E-state index contributed by atoms with van der Waals surface area (Å²) in [7, 11) is 0. The van der Waals surface area contributed by atoms with E-state index < -0.39 is 0 Å². The average Bonchev–Trinajstić information content (AvgIpc) is 2.76. The maximum absolute atomic E-state index is 11.6. The molecule has 0 aromatic heterocycles. The van der Waals surface area contributed by atoms with Gasteiger partial charge in [-0.2, -0.15) is 0 Å². The molecule has 0 bridgehead atoms. The van der Waals surface area contributed by atoms with Gasteiger partial charge in [0.05, 0.1) is 6.61 Å². The van der Waals surface area contributed by atoms with E-state index in [1.807, 2.05) is 4.90 Å². The summed E-state index contributed by atoms with van der Waals surface area (Å²) in [6, 6.07) is 0.0850. The van der Waals surface area contributed by atoms with E-state index in [4.69, 9.17) is 10.5 Å². The smallest absolute Gasteiger partial charge is 0.222 e. The van der Waals surface area contributed by atoms with Crippen molar-refractivity contribution < 1.29 is 9.53 Å². The predicted molar refractivity (Wildman–Crippen MR) is 57.3 cm³/mol. The standard InChI is InChI=1S/C11H20N2O2/c1-8-4-11(14)13(5-8)6-10(12)9-2-3-15-7-9/h8-10H,2-7,12H2,1H3. The van der Waals surface area contributed by atoms with Crippen LogP contribution in [0.15, 0.2) is 0 Å². The third-order valence-electron chi connectivity index (χ3n) is 3.41. The molecule has 2 fully saturated rings. The molecule has 2 saturated heterocycles. The van der Waals surface area contributed by atoms with Gasteiger partial charge in [-0.25, -0.2) is 0 Å². The second kappa shape index (κ2) is 4.49. The third kappa shape index (κ3) is 2.49. The number of ether oxygens (including phenoxy) is 1. The zero-order chi connectivity index (χ0) is 10.8. The molecule has 2 heterocycles. The highest BCUT2D eigenvalue weighted by atomic mass is 16.5. The van der Waals surface area contributed by atoms with E-state index in [0.717, 1.165) is 26.2 Å². The average molecular weight is 212 g/mol. The molecule has 2 aliphatic heterocycles. The first-order valence-corrected chi connectivity index (χ1v) is 5.78. The molecule has 0 radical (unpaired) electrons. The molecule has 0 aliphatic carbocycles. The van der Waals surface area contributed by atoms with Crippen molar-refractivity contribution in [2.75, 3.05) is 26.3 Å². The molecule has 2 rings (SSSR count). The number of hydrogen-bond donors (Lipinski definition) is 1. The normalized spacial score (nSPS) is 33.7. The van der Waals surface area contributed by atoms with Crippen molar-refractivity contribution >= 4 is 5.91 Å². The minimum atomic E-state index is 0.0850. The van der Waals surface area contributed by atoms with Crippen LogP contribution < -0.4 is 5.73 Å². The van der Waals surface area contributed by atoms with E-state index in [1.165, 1.54) is 0 Å². The molecule has 15 heavy (non-hydrogen) atoms. The quantitative estimate of drug-likeness (QED) is 0.728. The van der Waals surface area contributed by atoms with Gasteiger partial charge in [0.25, 0.3) is 0 Å². The predicted octanol–water partition coefficient (Wildman–Crippen LogP) is 0.219. The zero-order valence-corrected chi connectivity index (χ0v) is 9.32. The number of carbonyl (C=O) groups is 1. The Morgan fingerprint density at radius 3 is 3.00 bits per heavy atom. The maximum atomic E-state index is 11.6. The molecule has 0 aromatic carbocycles. The fraction of sp³-hybridized carbons (Fsp3) is 0.909. The van der Waals surface area contributed by atoms with Crippen molar-refractivity contribution in [2.45, 2.75) is 25.8 Å². The Labute approximate surface area is 90.8 Å². The van der Waals surface area contributed by atoms with Crippen LogP contribution in [0.1, 0.15) is 19.8 Å². The summed E-state index contributed by atoms with van der Waals surface area (Å²) >= 11 is 0. The van der Waals surface area contributed by atoms with Crippen molar-refractivity contribution in [2.24, 2.45) is 17.6 Å². The van der Waals surface area contributed by atoms with E-state index in [0.29, 0.717) is 24.8 Å². The van der Waals surface area contributed by atoms with Crippen molar-refractivity contribution in [3.05, 3.63) is 0 Å². The van der Waals surface area contributed by atoms with Gasteiger partial charge in [0.1, 0.15) is 0 Å². The van der Waals surface area contributed by atoms with Crippen LogP contribution in [0.5, 0.6) is 0 Å². The molecule has 1 amide bonds. The molecule has 0 saturated carbocycles. The van der Waals surface area contributed by atoms with Crippen LogP contribution in [0.4, 0.5) is 0 Å². The molecule has 4 nitrogen and oxygen atoms in total. The zero-order valence-electron chi connectivity index (χ0n) is 9.32. The number of carbonyl (C=O) groups excluding carboxylic acids is 1. The Morgan fingerprint density at radius 1 is 1.67 bits per heavy atom. The van der Waals surface area contributed by atoms with Crippen molar-refractivity contribution in [3.8, 4) is 0 Å². The number of nitrogens with zero attached hydrogens (tertiary/aromatic N) is 1. The van der Waals surface area contributed by atoms with Crippen LogP contribution in [0.3, 0.4) is 0 Å². The SMILES string of the molecule is CC1CC(=O)N(CC(N)C2CCOC2)C1. The summed E-state index contributed by atoms with van der Waals surface area (Å²) in [5, 5.41) is 0. The first-order valence-electron chi connectivity index (χ1n) is 5.78. The van der Waals surface area contributed by atoms with E-state index in [-0.39, 0.29) is 11.9 Å². The highest BCUT2D eigenvalue weighted by Crippen LogP contribution is 2.20. The third-order valence-corrected chi connectivity index (χ3v) is 3.41. The van der Waals surface area contributed by atoms with E-state index in [1.54, 1.807) is 0 Å². The summed E-state index contributed by atoms with van der Waals surface area (Å²) in [5.74, 6) is 1.19. The van der Waals surface area contributed by atoms with E-state index in [9.17, 15) is 4.79 Å². The Morgan fingerprint density at radius 2 is 2.47 bits per heavy atom. The molecule has 0 spiro atoms. The Balaban J connectivity index is 1.83. The topological polar surface area (TPSA) is 55.6 Å². The number of hydrogen-bond acceptors (Lipinski definition) is 3. The summed E-state index contributed by atoms with van der Waals surface area (Å²) in [4.78, 5) is 13.5. The lowest BCUT2D eigenvalue weighted by molar-refractivity contribution is -0.128. The Hall–Kier alpha value is -0.610. The molecular weight excluding hydrogens is 192 g/mol. The van der Waals surface area contributed by atoms with Crippen LogP contribution in [0.2, 0.25) is 0 Å². The molecule has 3 unspecified atom stereocenters. The molecule has 2 N–H and O–H groups in total. The molecule has 86 valence electrons. The van der Waals surface area contributed by atoms with Crippen LogP contribution in [0.25, 0.3) is 0 Å². The van der Waals surface area contributed by atoms with Crippen molar-refractivity contribution in [1.29, 1.82) is 0 Å². The molecular formula is C11H20N2O2. The fourth-order valence-electron chi connectivity index (χ4n) is 2.44. The lowest BCUT2D eigenvalue weighted by Crippen LogP contribution is -2.43. The van der Waals surface area contributed by atoms with Gasteiger partial charge >= 0.3 is 0 Å². The minimum Gasteiger partial charge on any atom is -0.381 e. The largest absolute Gasteiger partial charge is 0.381 e. The lowest BCUT2D eigenvalue weighted by Gasteiger charge is -2.24. The second-order valence-electron chi connectivity index (χ2n) is 4.90. The van der Waals surface area contributed by atoms with Gasteiger partial charge < -0.3 is 15.4 Å². The van der Waals surface area contributed by atoms with E-state index in [2.05, 4.69) is 6.92 Å². The van der Waals surface area contributed by atoms with Crippen LogP contribution in [0, 0.1) is 11.8 Å². The summed E-state index contributed by atoms with van der Waals surface area (Å²) in [5.41, 5.74) is 6.09. The van der Waals surface area contributed by atoms with Crippen molar-refractivity contribution in [1.82, 2.24) is 4.90 Å². The first-order chi connectivity index (χ1) is 7.16. The number of likely N-dealkylation sites (tertiary alicyclic amines) is 1. The Bertz CT molecular complexity index is 239. The fourth-order valence-corrected chi connectivity index (χ4v) is 2.44. The first kappa shape index (κ1) is 10.9. The molecule has 2 aliphatic rings. The second-order valence-corrected chi connectivity index (χ2v) is 4.90. The number of amides is 1. The summed E-state index contributed by atoms with van der Waals surface area (Å²) < 4.78 is 5.31. The highest BCUT2D eigenvalue weighted by molar-refractivity contribution is 5.78. The summed E-state index contributed by atoms with van der Waals surface area (Å²) in [6.45, 7) is 5.28. The van der Waals surface area contributed by atoms with Gasteiger partial charge in [-0.05, 0) is 12.3 Å². The van der Waals surface area contributed by atoms with Gasteiger partial charge in [-0.3, -0.25) is 4.79 Å². The number of rotatable bonds is 3. The van der Waals surface area contributed by atoms with Gasteiger partial charge in [-0.15, -0.1) is 0 Å². The molecule has 3 atom stereocenters. The van der Waals surface area contributed by atoms with E-state index >= 15 is 0 Å². The lowest BCUT2D eigenvalue weighted by atomic mass is 9.99. The van der Waals surface area contributed by atoms with Crippen molar-refractivity contribution in [3.63, 3.8) is 0 Å². The monoisotopic (exact) mass is 212 g/mol. The van der Waals surface area contributed by atoms with Gasteiger partial charge in [0.15, 0.2) is 0 Å². The number of nitrogens with two attached hydrogens (primary N) is 1. The van der Waals surface area contributed by atoms with Crippen LogP contribution in [-0.4, -0.2) is 43.2 Å². The molecule has 4 heteroatoms. The highest BCUT2D eigenvalue weighted by Gasteiger charge is 2.30. The van der Waals surface area contributed by atoms with Gasteiger partial charge in [0, 0.05) is 38.1 Å². The van der Waals surface area contributed by atoms with Gasteiger partial charge in [-0.1, -0.05) is 6.92 Å². The van der Waals surface area contributed by atoms with Gasteiger partial charge in [0.2, 0.25) is 5.91 Å². The minimum absolute atomic E-state index is 0.0850. The van der Waals surface area contributed by atoms with Crippen LogP contribution in [-0.2, 0) is 9.53 Å². The maximum Gasteiger partial charge on any atom is 0.222 e. The summed E-state index contributed by atoms with van der Waals surface area (Å²) in [6.07, 6.45) is 1.73. The Kier molecular flexibility index (Phi) is 3.26. The molecule has 0 aromatic rings.